The van der Waals surface area contributed by atoms with Gasteiger partial charge in [-0.3, -0.25) is 14.4 Å². The minimum absolute atomic E-state index is 0.0557. The fourth-order valence-electron chi connectivity index (χ4n) is 4.33. The van der Waals surface area contributed by atoms with Crippen molar-refractivity contribution >= 4 is 17.7 Å². The van der Waals surface area contributed by atoms with Gasteiger partial charge >= 0.3 is 0 Å². The van der Waals surface area contributed by atoms with Gasteiger partial charge < -0.3 is 30.3 Å². The van der Waals surface area contributed by atoms with Crippen LogP contribution in [0.3, 0.4) is 0 Å². The second-order valence-electron chi connectivity index (χ2n) is 9.47. The molecular weight excluding hydrogens is 508 g/mol. The molecule has 9 heteroatoms. The molecule has 40 heavy (non-hydrogen) atoms. The summed E-state index contributed by atoms with van der Waals surface area (Å²) in [6, 6.07) is 22.1. The Morgan fingerprint density at radius 3 is 2.15 bits per heavy atom. The van der Waals surface area contributed by atoms with Gasteiger partial charge in [0.1, 0.15) is 17.8 Å². The molecule has 0 aliphatic heterocycles. The topological polar surface area (TPSA) is 114 Å². The lowest BCUT2D eigenvalue weighted by atomic mass is 10.0. The Morgan fingerprint density at radius 1 is 0.850 bits per heavy atom. The first-order valence-corrected chi connectivity index (χ1v) is 13.1. The number of nitrogens with one attached hydrogen (secondary N) is 1. The summed E-state index contributed by atoms with van der Waals surface area (Å²) in [5.74, 6) is -0.391. The average Bonchev–Trinajstić information content (AvgIpc) is 3.01. The SMILES string of the molecule is CNC(=O)C(Cc1ccc(OC)cc1)N(C)C(=O)C(COCc1ccccc1)N(C)C(=O)c1cccc(CN)c1. The van der Waals surface area contributed by atoms with Gasteiger partial charge in [-0.15, -0.1) is 0 Å². The molecule has 0 radical (unpaired) electrons. The Bertz CT molecular complexity index is 1270. The van der Waals surface area contributed by atoms with Crippen LogP contribution in [0.2, 0.25) is 0 Å². The van der Waals surface area contributed by atoms with Crippen molar-refractivity contribution in [2.45, 2.75) is 31.7 Å². The lowest BCUT2D eigenvalue weighted by Crippen LogP contribution is -2.56. The molecule has 0 fully saturated rings. The van der Waals surface area contributed by atoms with Gasteiger partial charge in [-0.05, 0) is 41.0 Å². The molecule has 3 aromatic rings. The van der Waals surface area contributed by atoms with Gasteiger partial charge in [0.25, 0.3) is 5.91 Å². The molecule has 0 heterocycles. The summed E-state index contributed by atoms with van der Waals surface area (Å²) < 4.78 is 11.2. The van der Waals surface area contributed by atoms with Crippen molar-refractivity contribution in [3.8, 4) is 5.75 Å². The van der Waals surface area contributed by atoms with Crippen molar-refractivity contribution in [2.24, 2.45) is 5.73 Å². The summed E-state index contributed by atoms with van der Waals surface area (Å²) >= 11 is 0. The number of carbonyl (C=O) groups is 3. The van der Waals surface area contributed by atoms with Gasteiger partial charge in [-0.25, -0.2) is 0 Å². The van der Waals surface area contributed by atoms with Crippen molar-refractivity contribution in [3.63, 3.8) is 0 Å². The molecule has 9 nitrogen and oxygen atoms in total. The van der Waals surface area contributed by atoms with E-state index in [-0.39, 0.29) is 38.0 Å². The van der Waals surface area contributed by atoms with Crippen LogP contribution in [0.1, 0.15) is 27.0 Å². The zero-order valence-corrected chi connectivity index (χ0v) is 23.5. The maximum atomic E-state index is 14.0. The van der Waals surface area contributed by atoms with E-state index in [1.165, 1.54) is 16.8 Å². The number of rotatable bonds is 13. The van der Waals surface area contributed by atoms with E-state index >= 15 is 0 Å². The molecule has 2 unspecified atom stereocenters. The van der Waals surface area contributed by atoms with Crippen molar-refractivity contribution in [1.29, 1.82) is 0 Å². The number of carbonyl (C=O) groups excluding carboxylic acids is 3. The van der Waals surface area contributed by atoms with Crippen molar-refractivity contribution < 1.29 is 23.9 Å². The standard InChI is InChI=1S/C31H38N4O5/c1-33-29(36)27(18-22-13-15-26(39-4)16-14-22)34(2)31(38)28(21-40-20-23-9-6-5-7-10-23)35(3)30(37)25-12-8-11-24(17-25)19-32/h5-17,27-28H,18-21,32H2,1-4H3,(H,33,36). The highest BCUT2D eigenvalue weighted by Gasteiger charge is 2.35. The molecule has 0 bridgehead atoms. The summed E-state index contributed by atoms with van der Waals surface area (Å²) in [7, 11) is 6.25. The second kappa shape index (κ2) is 14.8. The summed E-state index contributed by atoms with van der Waals surface area (Å²) in [4.78, 5) is 43.2. The van der Waals surface area contributed by atoms with Gasteiger partial charge in [0.05, 0.1) is 20.3 Å². The first-order valence-electron chi connectivity index (χ1n) is 13.1. The molecule has 0 saturated heterocycles. The summed E-state index contributed by atoms with van der Waals surface area (Å²) in [6.45, 7) is 0.499. The highest BCUT2D eigenvalue weighted by Crippen LogP contribution is 2.17. The van der Waals surface area contributed by atoms with Crippen LogP contribution in [0.15, 0.2) is 78.9 Å². The number of methoxy groups -OCH3 is 1. The van der Waals surface area contributed by atoms with E-state index in [0.717, 1.165) is 16.7 Å². The third-order valence-corrected chi connectivity index (χ3v) is 6.82. The monoisotopic (exact) mass is 546 g/mol. The third-order valence-electron chi connectivity index (χ3n) is 6.82. The number of nitrogens with zero attached hydrogens (tertiary/aromatic N) is 2. The minimum Gasteiger partial charge on any atom is -0.497 e. The molecule has 0 spiro atoms. The van der Waals surface area contributed by atoms with Crippen molar-refractivity contribution in [1.82, 2.24) is 15.1 Å². The van der Waals surface area contributed by atoms with E-state index < -0.39 is 18.0 Å². The number of nitrogens with two attached hydrogens (primary N) is 1. The fraction of sp³-hybridized carbons (Fsp3) is 0.323. The molecule has 3 rings (SSSR count). The van der Waals surface area contributed by atoms with Gasteiger partial charge in [0.15, 0.2) is 0 Å². The zero-order valence-electron chi connectivity index (χ0n) is 23.5. The number of hydrogen-bond acceptors (Lipinski definition) is 6. The molecule has 3 aromatic carbocycles. The predicted molar refractivity (Wildman–Crippen MR) is 154 cm³/mol. The van der Waals surface area contributed by atoms with Crippen LogP contribution in [-0.2, 0) is 33.9 Å². The number of likely N-dealkylation sites (N-methyl/N-ethyl adjacent to an activating group) is 3. The Kier molecular flexibility index (Phi) is 11.2. The van der Waals surface area contributed by atoms with Crippen LogP contribution in [-0.4, -0.2) is 74.5 Å². The van der Waals surface area contributed by atoms with Crippen molar-refractivity contribution in [2.75, 3.05) is 34.9 Å². The van der Waals surface area contributed by atoms with E-state index in [1.54, 1.807) is 51.5 Å². The fourth-order valence-corrected chi connectivity index (χ4v) is 4.33. The van der Waals surface area contributed by atoms with E-state index in [2.05, 4.69) is 5.32 Å². The third kappa shape index (κ3) is 7.91. The Morgan fingerprint density at radius 2 is 1.52 bits per heavy atom. The predicted octanol–water partition coefficient (Wildman–Crippen LogP) is 2.63. The molecule has 0 saturated carbocycles. The van der Waals surface area contributed by atoms with Crippen LogP contribution in [0.4, 0.5) is 0 Å². The number of amides is 3. The van der Waals surface area contributed by atoms with Gasteiger partial charge in [-0.2, -0.15) is 0 Å². The minimum atomic E-state index is -0.981. The highest BCUT2D eigenvalue weighted by atomic mass is 16.5. The van der Waals surface area contributed by atoms with E-state index in [0.29, 0.717) is 11.3 Å². The number of hydrogen-bond donors (Lipinski definition) is 2. The zero-order chi connectivity index (χ0) is 29.1. The maximum Gasteiger partial charge on any atom is 0.254 e. The summed E-state index contributed by atoms with van der Waals surface area (Å²) in [5.41, 5.74) is 8.78. The van der Waals surface area contributed by atoms with E-state index in [9.17, 15) is 14.4 Å². The molecular formula is C31H38N4O5. The largest absolute Gasteiger partial charge is 0.497 e. The van der Waals surface area contributed by atoms with Gasteiger partial charge in [0.2, 0.25) is 11.8 Å². The normalized spacial score (nSPS) is 12.2. The Balaban J connectivity index is 1.86. The summed E-state index contributed by atoms with van der Waals surface area (Å²) in [5, 5.41) is 2.66. The molecule has 0 aromatic heterocycles. The second-order valence-corrected chi connectivity index (χ2v) is 9.47. The Labute approximate surface area is 235 Å². The average molecular weight is 547 g/mol. The lowest BCUT2D eigenvalue weighted by Gasteiger charge is -2.34. The summed E-state index contributed by atoms with van der Waals surface area (Å²) in [6.07, 6.45) is 0.277. The molecule has 3 N–H and O–H groups in total. The lowest BCUT2D eigenvalue weighted by molar-refractivity contribution is -0.143. The smallest absolute Gasteiger partial charge is 0.254 e. The van der Waals surface area contributed by atoms with Crippen molar-refractivity contribution in [3.05, 3.63) is 101 Å². The first kappa shape index (κ1) is 30.3. The van der Waals surface area contributed by atoms with E-state index in [4.69, 9.17) is 15.2 Å². The first-order chi connectivity index (χ1) is 19.3. The molecule has 212 valence electrons. The van der Waals surface area contributed by atoms with Crippen LogP contribution < -0.4 is 15.8 Å². The number of ether oxygens (including phenoxy) is 2. The van der Waals surface area contributed by atoms with Gasteiger partial charge in [0, 0.05) is 39.7 Å². The Hall–Kier alpha value is -4.21. The van der Waals surface area contributed by atoms with Crippen LogP contribution in [0, 0.1) is 0 Å². The van der Waals surface area contributed by atoms with Crippen LogP contribution >= 0.6 is 0 Å². The number of benzene rings is 3. The molecule has 2 atom stereocenters. The van der Waals surface area contributed by atoms with Gasteiger partial charge in [-0.1, -0.05) is 54.6 Å². The molecule has 0 aliphatic rings. The van der Waals surface area contributed by atoms with E-state index in [1.807, 2.05) is 48.5 Å². The quantitative estimate of drug-likeness (QED) is 0.341. The molecule has 0 aliphatic carbocycles. The molecule has 3 amide bonds. The maximum absolute atomic E-state index is 14.0. The highest BCUT2D eigenvalue weighted by molar-refractivity contribution is 5.98. The van der Waals surface area contributed by atoms with Crippen LogP contribution in [0.25, 0.3) is 0 Å². The van der Waals surface area contributed by atoms with Crippen LogP contribution in [0.5, 0.6) is 5.75 Å².